The number of carbonyl (C=O) groups is 2. The number of aryl methyl sites for hydroxylation is 1. The highest BCUT2D eigenvalue weighted by molar-refractivity contribution is 6.04. The predicted octanol–water partition coefficient (Wildman–Crippen LogP) is 2.94. The zero-order valence-electron chi connectivity index (χ0n) is 17.2. The van der Waals surface area contributed by atoms with Crippen molar-refractivity contribution in [3.8, 4) is 0 Å². The van der Waals surface area contributed by atoms with Crippen LogP contribution in [0.1, 0.15) is 41.2 Å². The van der Waals surface area contributed by atoms with Gasteiger partial charge in [-0.1, -0.05) is 6.07 Å². The van der Waals surface area contributed by atoms with Crippen molar-refractivity contribution in [1.29, 1.82) is 0 Å². The van der Waals surface area contributed by atoms with Crippen LogP contribution in [0.3, 0.4) is 0 Å². The number of nitrogens with zero attached hydrogens (tertiary/aromatic N) is 4. The van der Waals surface area contributed by atoms with Gasteiger partial charge in [0.2, 0.25) is 0 Å². The molecule has 2 amide bonds. The van der Waals surface area contributed by atoms with Gasteiger partial charge in [-0.05, 0) is 55.0 Å². The zero-order chi connectivity index (χ0) is 21.5. The van der Waals surface area contributed by atoms with Gasteiger partial charge < -0.3 is 20.6 Å². The average Bonchev–Trinajstić information content (AvgIpc) is 3.37. The largest absolute Gasteiger partial charge is 0.465 e. The first-order valence-corrected chi connectivity index (χ1v) is 10.5. The maximum atomic E-state index is 13.0. The lowest BCUT2D eigenvalue weighted by molar-refractivity contribution is 0.102. The van der Waals surface area contributed by atoms with Gasteiger partial charge >= 0.3 is 6.09 Å². The predicted molar refractivity (Wildman–Crippen MR) is 117 cm³/mol. The van der Waals surface area contributed by atoms with Crippen LogP contribution in [0.5, 0.6) is 0 Å². The van der Waals surface area contributed by atoms with Crippen LogP contribution in [0.4, 0.5) is 16.3 Å². The van der Waals surface area contributed by atoms with E-state index in [0.717, 1.165) is 35.0 Å². The van der Waals surface area contributed by atoms with E-state index in [4.69, 9.17) is 5.11 Å². The molecule has 3 aromatic rings. The van der Waals surface area contributed by atoms with Crippen molar-refractivity contribution >= 4 is 34.4 Å². The Morgan fingerprint density at radius 3 is 2.81 bits per heavy atom. The van der Waals surface area contributed by atoms with E-state index in [1.165, 1.54) is 0 Å². The molecule has 2 aromatic heterocycles. The molecule has 1 aromatic carbocycles. The number of rotatable bonds is 5. The second kappa shape index (κ2) is 7.57. The first kappa shape index (κ1) is 19.3. The molecule has 1 aliphatic carbocycles. The van der Waals surface area contributed by atoms with Crippen LogP contribution in [0.25, 0.3) is 10.9 Å². The molecule has 1 saturated heterocycles. The van der Waals surface area contributed by atoms with Crippen LogP contribution in [0.2, 0.25) is 0 Å². The summed E-state index contributed by atoms with van der Waals surface area (Å²) >= 11 is 0. The van der Waals surface area contributed by atoms with Gasteiger partial charge in [-0.2, -0.15) is 5.10 Å². The molecule has 5 rings (SSSR count). The summed E-state index contributed by atoms with van der Waals surface area (Å²) < 4.78 is 1.78. The van der Waals surface area contributed by atoms with Gasteiger partial charge in [0, 0.05) is 37.4 Å². The summed E-state index contributed by atoms with van der Waals surface area (Å²) in [6, 6.07) is 9.27. The minimum absolute atomic E-state index is 0.135. The van der Waals surface area contributed by atoms with E-state index in [9.17, 15) is 9.59 Å². The molecule has 1 atom stereocenters. The van der Waals surface area contributed by atoms with Gasteiger partial charge in [0.1, 0.15) is 11.5 Å². The number of amides is 2. The van der Waals surface area contributed by atoms with Gasteiger partial charge in [0.25, 0.3) is 5.91 Å². The molecular formula is C22H24N6O3. The molecule has 1 aliphatic heterocycles. The number of benzene rings is 1. The smallest absolute Gasteiger partial charge is 0.404 e. The summed E-state index contributed by atoms with van der Waals surface area (Å²) in [7, 11) is 1.89. The van der Waals surface area contributed by atoms with E-state index < -0.39 is 6.09 Å². The number of hydrogen-bond acceptors (Lipinski definition) is 5. The van der Waals surface area contributed by atoms with Crippen molar-refractivity contribution in [3.63, 3.8) is 0 Å². The van der Waals surface area contributed by atoms with E-state index >= 15 is 0 Å². The standard InChI is InChI=1S/C22H24N6O3/c1-27-11-14-9-19(16(13-5-6-13)10-18(14)26-27)25-21(29)17-3-2-4-20(24-17)28-8-7-15(12-28)23-22(30)31/h2-4,9-11,13,15,23H,5-8,12H2,1H3,(H,25,29)(H,30,31). The number of anilines is 2. The van der Waals surface area contributed by atoms with E-state index in [-0.39, 0.29) is 11.9 Å². The van der Waals surface area contributed by atoms with Crippen LogP contribution in [0.15, 0.2) is 36.5 Å². The van der Waals surface area contributed by atoms with Gasteiger partial charge in [-0.15, -0.1) is 0 Å². The second-order valence-electron chi connectivity index (χ2n) is 8.29. The van der Waals surface area contributed by atoms with Gasteiger partial charge in [-0.25, -0.2) is 9.78 Å². The number of carboxylic acid groups (broad SMARTS) is 1. The van der Waals surface area contributed by atoms with Crippen LogP contribution in [0, 0.1) is 0 Å². The second-order valence-corrected chi connectivity index (χ2v) is 8.29. The Morgan fingerprint density at radius 2 is 2.03 bits per heavy atom. The highest BCUT2D eigenvalue weighted by Gasteiger charge is 2.28. The Hall–Kier alpha value is -3.62. The quantitative estimate of drug-likeness (QED) is 0.585. The number of fused-ring (bicyclic) bond motifs is 1. The lowest BCUT2D eigenvalue weighted by Crippen LogP contribution is -2.36. The minimum Gasteiger partial charge on any atom is -0.465 e. The Morgan fingerprint density at radius 1 is 1.19 bits per heavy atom. The Kier molecular flexibility index (Phi) is 4.72. The van der Waals surface area contributed by atoms with Crippen molar-refractivity contribution in [1.82, 2.24) is 20.1 Å². The number of nitrogens with one attached hydrogen (secondary N) is 2. The third-order valence-corrected chi connectivity index (χ3v) is 5.86. The van der Waals surface area contributed by atoms with Gasteiger partial charge in [-0.3, -0.25) is 9.48 Å². The molecule has 2 aliphatic rings. The number of carbonyl (C=O) groups excluding carboxylic acids is 1. The van der Waals surface area contributed by atoms with Gasteiger partial charge in [0.15, 0.2) is 0 Å². The summed E-state index contributed by atoms with van der Waals surface area (Å²) in [5, 5.41) is 20.0. The van der Waals surface area contributed by atoms with E-state index in [1.54, 1.807) is 16.8 Å². The molecule has 1 unspecified atom stereocenters. The lowest BCUT2D eigenvalue weighted by Gasteiger charge is -2.18. The van der Waals surface area contributed by atoms with Crippen molar-refractivity contribution in [3.05, 3.63) is 47.8 Å². The van der Waals surface area contributed by atoms with Crippen LogP contribution in [-0.4, -0.2) is 51.0 Å². The van der Waals surface area contributed by atoms with Gasteiger partial charge in [0.05, 0.1) is 11.6 Å². The number of pyridine rings is 1. The van der Waals surface area contributed by atoms with E-state index in [0.29, 0.717) is 36.9 Å². The number of aromatic nitrogens is 3. The summed E-state index contributed by atoms with van der Waals surface area (Å²) in [6.07, 6.45) is 3.87. The summed E-state index contributed by atoms with van der Waals surface area (Å²) in [4.78, 5) is 30.4. The fourth-order valence-electron chi connectivity index (χ4n) is 4.22. The average molecular weight is 420 g/mol. The maximum absolute atomic E-state index is 13.0. The van der Waals surface area contributed by atoms with Crippen molar-refractivity contribution in [2.45, 2.75) is 31.2 Å². The van der Waals surface area contributed by atoms with Crippen molar-refractivity contribution in [2.75, 3.05) is 23.3 Å². The third-order valence-electron chi connectivity index (χ3n) is 5.86. The first-order chi connectivity index (χ1) is 15.0. The van der Waals surface area contributed by atoms with Crippen molar-refractivity contribution < 1.29 is 14.7 Å². The Bertz CT molecular complexity index is 1170. The minimum atomic E-state index is -1.02. The molecule has 9 nitrogen and oxygen atoms in total. The molecule has 3 N–H and O–H groups in total. The summed E-state index contributed by atoms with van der Waals surface area (Å²) in [5.41, 5.74) is 3.20. The molecule has 0 spiro atoms. The Labute approximate surface area is 179 Å². The molecule has 0 radical (unpaired) electrons. The molecular weight excluding hydrogens is 396 g/mol. The maximum Gasteiger partial charge on any atom is 0.404 e. The third kappa shape index (κ3) is 4.03. The first-order valence-electron chi connectivity index (χ1n) is 10.5. The molecule has 9 heteroatoms. The monoisotopic (exact) mass is 420 g/mol. The Balaban J connectivity index is 1.36. The highest BCUT2D eigenvalue weighted by Crippen LogP contribution is 2.44. The fourth-order valence-corrected chi connectivity index (χ4v) is 4.22. The van der Waals surface area contributed by atoms with E-state index in [1.807, 2.05) is 30.3 Å². The summed E-state index contributed by atoms with van der Waals surface area (Å²) in [5.74, 6) is 0.878. The molecule has 160 valence electrons. The summed E-state index contributed by atoms with van der Waals surface area (Å²) in [6.45, 7) is 1.22. The number of hydrogen-bond donors (Lipinski definition) is 3. The SMILES string of the molecule is Cn1cc2cc(NC(=O)c3cccc(N4CCC(NC(=O)O)C4)n3)c(C3CC3)cc2n1. The zero-order valence-corrected chi connectivity index (χ0v) is 17.2. The molecule has 0 bridgehead atoms. The van der Waals surface area contributed by atoms with Crippen LogP contribution < -0.4 is 15.5 Å². The van der Waals surface area contributed by atoms with Crippen LogP contribution >= 0.6 is 0 Å². The molecule has 3 heterocycles. The molecule has 1 saturated carbocycles. The van der Waals surface area contributed by atoms with E-state index in [2.05, 4.69) is 26.8 Å². The normalized spacial score (nSPS) is 18.4. The lowest BCUT2D eigenvalue weighted by atomic mass is 10.1. The molecule has 2 fully saturated rings. The highest BCUT2D eigenvalue weighted by atomic mass is 16.4. The van der Waals surface area contributed by atoms with Crippen LogP contribution in [-0.2, 0) is 7.05 Å². The fraction of sp³-hybridized carbons (Fsp3) is 0.364. The molecule has 31 heavy (non-hydrogen) atoms. The van der Waals surface area contributed by atoms with Crippen molar-refractivity contribution in [2.24, 2.45) is 7.05 Å². The topological polar surface area (TPSA) is 112 Å².